The van der Waals surface area contributed by atoms with Gasteiger partial charge in [-0.25, -0.2) is 14.4 Å². The number of aromatic carboxylic acids is 1. The third kappa shape index (κ3) is 6.21. The number of nitrogens with zero attached hydrogens (tertiary/aromatic N) is 1. The molecule has 1 unspecified atom stereocenters. The zero-order chi connectivity index (χ0) is 29.6. The number of amides is 1. The number of nitrogens with one attached hydrogen (secondary N) is 1. The van der Waals surface area contributed by atoms with Crippen molar-refractivity contribution < 1.29 is 33.8 Å². The molecule has 1 saturated heterocycles. The Balaban J connectivity index is 1.19. The molecule has 42 heavy (non-hydrogen) atoms. The molecular formula is C33H34N2O7. The van der Waals surface area contributed by atoms with Crippen LogP contribution >= 0.6 is 0 Å². The van der Waals surface area contributed by atoms with Crippen LogP contribution in [0.4, 0.5) is 4.79 Å². The van der Waals surface area contributed by atoms with E-state index in [0.717, 1.165) is 27.8 Å². The average molecular weight is 571 g/mol. The lowest BCUT2D eigenvalue weighted by atomic mass is 9.87. The summed E-state index contributed by atoms with van der Waals surface area (Å²) in [7, 11) is 0. The van der Waals surface area contributed by atoms with Crippen molar-refractivity contribution in [2.45, 2.75) is 38.3 Å². The molecule has 9 heteroatoms. The zero-order valence-corrected chi connectivity index (χ0v) is 23.5. The number of benzene rings is 3. The molecular weight excluding hydrogens is 536 g/mol. The summed E-state index contributed by atoms with van der Waals surface area (Å²) in [6, 6.07) is 21.9. The van der Waals surface area contributed by atoms with Crippen molar-refractivity contribution in [3.63, 3.8) is 0 Å². The van der Waals surface area contributed by atoms with Crippen molar-refractivity contribution in [1.82, 2.24) is 10.2 Å². The third-order valence-corrected chi connectivity index (χ3v) is 8.09. The number of ether oxygens (including phenoxy) is 2. The van der Waals surface area contributed by atoms with Gasteiger partial charge in [0, 0.05) is 25.6 Å². The highest BCUT2D eigenvalue weighted by Gasteiger charge is 2.37. The van der Waals surface area contributed by atoms with E-state index in [2.05, 4.69) is 29.6 Å². The first kappa shape index (κ1) is 29.0. The first-order valence-corrected chi connectivity index (χ1v) is 14.2. The van der Waals surface area contributed by atoms with Crippen LogP contribution < -0.4 is 5.32 Å². The van der Waals surface area contributed by atoms with Gasteiger partial charge < -0.3 is 24.8 Å². The van der Waals surface area contributed by atoms with E-state index in [4.69, 9.17) is 14.6 Å². The van der Waals surface area contributed by atoms with Gasteiger partial charge in [0.2, 0.25) is 0 Å². The highest BCUT2D eigenvalue weighted by Crippen LogP contribution is 2.44. The Labute approximate surface area is 244 Å². The summed E-state index contributed by atoms with van der Waals surface area (Å²) in [6.07, 6.45) is 0.616. The molecule has 1 aliphatic heterocycles. The fourth-order valence-electron chi connectivity index (χ4n) is 5.90. The van der Waals surface area contributed by atoms with Gasteiger partial charge in [-0.05, 0) is 65.6 Å². The number of hydrogen-bond acceptors (Lipinski definition) is 7. The highest BCUT2D eigenvalue weighted by atomic mass is 16.6. The third-order valence-electron chi connectivity index (χ3n) is 8.09. The monoisotopic (exact) mass is 570 g/mol. The van der Waals surface area contributed by atoms with Gasteiger partial charge in [0.25, 0.3) is 5.78 Å². The number of piperidine rings is 1. The average Bonchev–Trinajstić information content (AvgIpc) is 3.34. The summed E-state index contributed by atoms with van der Waals surface area (Å²) in [5, 5.41) is 12.3. The Kier molecular flexibility index (Phi) is 8.97. The second-order valence-corrected chi connectivity index (χ2v) is 10.6. The van der Waals surface area contributed by atoms with E-state index in [0.29, 0.717) is 25.9 Å². The molecule has 0 radical (unpaired) electrons. The number of esters is 1. The van der Waals surface area contributed by atoms with E-state index in [9.17, 15) is 19.2 Å². The minimum Gasteiger partial charge on any atom is -0.478 e. The predicted molar refractivity (Wildman–Crippen MR) is 155 cm³/mol. The van der Waals surface area contributed by atoms with Gasteiger partial charge in [0.15, 0.2) is 0 Å². The van der Waals surface area contributed by atoms with E-state index in [-0.39, 0.29) is 37.2 Å². The molecule has 0 bridgehead atoms. The van der Waals surface area contributed by atoms with E-state index in [1.54, 1.807) is 24.0 Å². The lowest BCUT2D eigenvalue weighted by Crippen LogP contribution is -2.50. The molecule has 0 aromatic heterocycles. The minimum absolute atomic E-state index is 0.0285. The zero-order valence-electron chi connectivity index (χ0n) is 23.5. The molecule has 3 aromatic carbocycles. The number of Topliss-reactive ketones (excluding diaryl/α,β-unsaturated/α-hetero) is 1. The fourth-order valence-corrected chi connectivity index (χ4v) is 5.90. The molecule has 1 heterocycles. The van der Waals surface area contributed by atoms with Crippen LogP contribution in [0, 0.1) is 5.92 Å². The second kappa shape index (κ2) is 13.0. The van der Waals surface area contributed by atoms with Crippen LogP contribution in [-0.2, 0) is 25.6 Å². The first-order valence-electron chi connectivity index (χ1n) is 14.2. The number of likely N-dealkylation sites (tertiary alicyclic amines) is 1. The lowest BCUT2D eigenvalue weighted by molar-refractivity contribution is -0.155. The Morgan fingerprint density at radius 1 is 0.881 bits per heavy atom. The van der Waals surface area contributed by atoms with Crippen LogP contribution in [0.25, 0.3) is 11.1 Å². The van der Waals surface area contributed by atoms with Crippen LogP contribution in [0.1, 0.15) is 52.7 Å². The van der Waals surface area contributed by atoms with E-state index >= 15 is 0 Å². The van der Waals surface area contributed by atoms with Crippen LogP contribution in [0.3, 0.4) is 0 Å². The van der Waals surface area contributed by atoms with Gasteiger partial charge in [-0.3, -0.25) is 4.79 Å². The van der Waals surface area contributed by atoms with E-state index in [1.165, 1.54) is 12.1 Å². The Bertz CT molecular complexity index is 1420. The summed E-state index contributed by atoms with van der Waals surface area (Å²) in [5.41, 5.74) is 5.56. The van der Waals surface area contributed by atoms with E-state index in [1.807, 2.05) is 24.3 Å². The van der Waals surface area contributed by atoms with Gasteiger partial charge in [0.1, 0.15) is 6.61 Å². The van der Waals surface area contributed by atoms with Crippen molar-refractivity contribution in [1.29, 1.82) is 0 Å². The number of hydrogen-bond donors (Lipinski definition) is 2. The topological polar surface area (TPSA) is 122 Å². The van der Waals surface area contributed by atoms with Gasteiger partial charge in [0.05, 0.1) is 18.2 Å². The van der Waals surface area contributed by atoms with Gasteiger partial charge >= 0.3 is 18.0 Å². The van der Waals surface area contributed by atoms with Crippen LogP contribution in [-0.4, -0.2) is 66.2 Å². The van der Waals surface area contributed by atoms with Crippen molar-refractivity contribution >= 4 is 23.8 Å². The number of rotatable bonds is 10. The number of ketones is 1. The Morgan fingerprint density at radius 3 is 2.05 bits per heavy atom. The summed E-state index contributed by atoms with van der Waals surface area (Å²) in [6.45, 7) is 3.02. The molecule has 0 spiro atoms. The summed E-state index contributed by atoms with van der Waals surface area (Å²) in [5.74, 6) is -2.79. The first-order chi connectivity index (χ1) is 20.4. The second-order valence-electron chi connectivity index (χ2n) is 10.6. The summed E-state index contributed by atoms with van der Waals surface area (Å²) >= 11 is 0. The number of carboxylic acid groups (broad SMARTS) is 1. The summed E-state index contributed by atoms with van der Waals surface area (Å²) in [4.78, 5) is 51.3. The molecule has 218 valence electrons. The van der Waals surface area contributed by atoms with Crippen LogP contribution in [0.15, 0.2) is 72.8 Å². The van der Waals surface area contributed by atoms with Gasteiger partial charge in [-0.15, -0.1) is 0 Å². The largest absolute Gasteiger partial charge is 0.478 e. The van der Waals surface area contributed by atoms with Crippen molar-refractivity contribution in [3.8, 4) is 11.1 Å². The van der Waals surface area contributed by atoms with Crippen molar-refractivity contribution in [2.75, 3.05) is 26.3 Å². The van der Waals surface area contributed by atoms with Crippen molar-refractivity contribution in [2.24, 2.45) is 5.92 Å². The number of carboxylic acids is 1. The molecule has 3 aromatic rings. The molecule has 5 rings (SSSR count). The highest BCUT2D eigenvalue weighted by molar-refractivity contribution is 6.35. The molecule has 1 aliphatic carbocycles. The molecule has 2 aliphatic rings. The molecule has 9 nitrogen and oxygen atoms in total. The van der Waals surface area contributed by atoms with Gasteiger partial charge in [-0.2, -0.15) is 0 Å². The smallest absolute Gasteiger partial charge is 0.409 e. The number of fused-ring (bicyclic) bond motifs is 3. The standard InChI is InChI=1S/C33H34N2O7/c1-2-41-32(39)30(36)29(34-19-21-11-13-23(14-12-21)31(37)38)22-15-17-35(18-16-22)33(40)42-20-28-26-9-5-3-7-24(26)25-8-4-6-10-27(25)28/h3-14,22,28-29,34H,2,15-20H2,1H3,(H,37,38). The fraction of sp³-hybridized carbons (Fsp3) is 0.333. The van der Waals surface area contributed by atoms with Crippen molar-refractivity contribution in [3.05, 3.63) is 95.1 Å². The normalized spacial score (nSPS) is 15.4. The molecule has 0 saturated carbocycles. The van der Waals surface area contributed by atoms with Crippen LogP contribution in [0.5, 0.6) is 0 Å². The maximum Gasteiger partial charge on any atom is 0.409 e. The molecule has 1 fully saturated rings. The molecule has 1 atom stereocenters. The SMILES string of the molecule is CCOC(=O)C(=O)C(NCc1ccc(C(=O)O)cc1)C1CCN(C(=O)OCC2c3ccccc3-c3ccccc32)CC1. The molecule has 2 N–H and O–H groups in total. The maximum absolute atomic E-state index is 13.1. The maximum atomic E-state index is 13.1. The predicted octanol–water partition coefficient (Wildman–Crippen LogP) is 4.64. The van der Waals surface area contributed by atoms with Gasteiger partial charge in [-0.1, -0.05) is 60.7 Å². The summed E-state index contributed by atoms with van der Waals surface area (Å²) < 4.78 is 10.8. The van der Waals surface area contributed by atoms with E-state index < -0.39 is 29.9 Å². The van der Waals surface area contributed by atoms with Crippen LogP contribution in [0.2, 0.25) is 0 Å². The minimum atomic E-state index is -1.02. The molecule has 1 amide bonds. The lowest BCUT2D eigenvalue weighted by Gasteiger charge is -2.35. The number of carbonyl (C=O) groups is 4. The quantitative estimate of drug-likeness (QED) is 0.267. The Morgan fingerprint density at radius 2 is 1.48 bits per heavy atom. The Hall–Kier alpha value is -4.50. The number of carbonyl (C=O) groups excluding carboxylic acids is 3.